The highest BCUT2D eigenvalue weighted by Crippen LogP contribution is 2.04. The fourth-order valence-electron chi connectivity index (χ4n) is 0.565. The maximum absolute atomic E-state index is 5.32. The molecule has 64 valence electrons. The molecule has 1 aromatic heterocycles. The van der Waals surface area contributed by atoms with Crippen LogP contribution in [0.5, 0.6) is 0 Å². The molecule has 0 bridgehead atoms. The Kier molecular flexibility index (Phi) is 3.19. The van der Waals surface area contributed by atoms with Crippen LogP contribution < -0.4 is 5.73 Å². The number of hydrogen-bond acceptors (Lipinski definition) is 3. The van der Waals surface area contributed by atoms with E-state index >= 15 is 0 Å². The molecule has 0 saturated carbocycles. The maximum atomic E-state index is 5.32. The van der Waals surface area contributed by atoms with Crippen molar-refractivity contribution in [1.82, 2.24) is 5.01 Å². The first-order valence-corrected chi connectivity index (χ1v) is 4.59. The molecule has 0 spiro atoms. The predicted octanol–water partition coefficient (Wildman–Crippen LogP) is 1.26. The van der Waals surface area contributed by atoms with Gasteiger partial charge in [0.2, 0.25) is 0 Å². The summed E-state index contributed by atoms with van der Waals surface area (Å²) < 4.78 is 0. The molecule has 0 unspecified atom stereocenters. The molecular weight excluding hydrogens is 190 g/mol. The van der Waals surface area contributed by atoms with Crippen molar-refractivity contribution in [2.24, 2.45) is 10.8 Å². The lowest BCUT2D eigenvalue weighted by Crippen LogP contribution is -2.26. The average molecular weight is 199 g/mol. The molecule has 0 atom stereocenters. The second kappa shape index (κ2) is 4.18. The van der Waals surface area contributed by atoms with Gasteiger partial charge in [0.25, 0.3) is 0 Å². The van der Waals surface area contributed by atoms with Crippen molar-refractivity contribution in [2.45, 2.75) is 0 Å². The zero-order chi connectivity index (χ0) is 8.97. The first-order valence-electron chi connectivity index (χ1n) is 3.31. The third kappa shape index (κ3) is 2.60. The van der Waals surface area contributed by atoms with Gasteiger partial charge in [-0.05, 0) is 23.7 Å². The fraction of sp³-hybridized carbons (Fsp3) is 0.143. The van der Waals surface area contributed by atoms with E-state index in [4.69, 9.17) is 18.0 Å². The highest BCUT2D eigenvalue weighted by atomic mass is 32.1. The molecule has 3 nitrogen and oxygen atoms in total. The molecular formula is C7H9N3S2. The van der Waals surface area contributed by atoms with E-state index in [1.54, 1.807) is 24.6 Å². The van der Waals surface area contributed by atoms with Crippen molar-refractivity contribution >= 4 is 34.9 Å². The molecule has 0 aliphatic carbocycles. The molecule has 1 aromatic rings. The largest absolute Gasteiger partial charge is 0.375 e. The van der Waals surface area contributed by atoms with Crippen LogP contribution in [-0.4, -0.2) is 23.4 Å². The zero-order valence-corrected chi connectivity index (χ0v) is 8.23. The summed E-state index contributed by atoms with van der Waals surface area (Å²) in [6, 6.07) is 3.94. The Morgan fingerprint density at radius 2 is 2.58 bits per heavy atom. The third-order valence-corrected chi connectivity index (χ3v) is 2.29. The van der Waals surface area contributed by atoms with Crippen molar-refractivity contribution in [2.75, 3.05) is 7.05 Å². The van der Waals surface area contributed by atoms with Gasteiger partial charge in [-0.3, -0.25) is 0 Å². The van der Waals surface area contributed by atoms with E-state index < -0.39 is 0 Å². The van der Waals surface area contributed by atoms with E-state index in [1.807, 2.05) is 17.5 Å². The van der Waals surface area contributed by atoms with E-state index in [9.17, 15) is 0 Å². The summed E-state index contributed by atoms with van der Waals surface area (Å²) in [4.78, 5) is 1.08. The van der Waals surface area contributed by atoms with Crippen LogP contribution in [0.1, 0.15) is 4.88 Å². The van der Waals surface area contributed by atoms with Crippen molar-refractivity contribution < 1.29 is 0 Å². The molecule has 0 saturated heterocycles. The lowest BCUT2D eigenvalue weighted by atomic mass is 10.5. The molecule has 12 heavy (non-hydrogen) atoms. The molecule has 0 aliphatic heterocycles. The average Bonchev–Trinajstić information content (AvgIpc) is 2.51. The maximum Gasteiger partial charge on any atom is 0.186 e. The minimum atomic E-state index is 0.266. The number of thiophene rings is 1. The van der Waals surface area contributed by atoms with Crippen LogP contribution in [0.2, 0.25) is 0 Å². The zero-order valence-electron chi connectivity index (χ0n) is 6.60. The number of nitrogens with zero attached hydrogens (tertiary/aromatic N) is 2. The van der Waals surface area contributed by atoms with E-state index in [1.165, 1.54) is 5.01 Å². The van der Waals surface area contributed by atoms with Crippen molar-refractivity contribution in [3.8, 4) is 0 Å². The molecule has 0 aromatic carbocycles. The Labute approximate surface area is 80.5 Å². The molecule has 1 heterocycles. The topological polar surface area (TPSA) is 41.6 Å². The highest BCUT2D eigenvalue weighted by Gasteiger charge is 1.93. The number of nitrogens with two attached hydrogens (primary N) is 1. The van der Waals surface area contributed by atoms with Crippen LogP contribution in [0.4, 0.5) is 0 Å². The van der Waals surface area contributed by atoms with Crippen molar-refractivity contribution in [3.05, 3.63) is 22.4 Å². The van der Waals surface area contributed by atoms with E-state index in [2.05, 4.69) is 5.10 Å². The summed E-state index contributed by atoms with van der Waals surface area (Å²) in [6.45, 7) is 0. The number of thiocarbonyl (C=S) groups is 1. The van der Waals surface area contributed by atoms with Crippen LogP contribution in [-0.2, 0) is 0 Å². The van der Waals surface area contributed by atoms with Gasteiger partial charge in [0.1, 0.15) is 0 Å². The summed E-state index contributed by atoms with van der Waals surface area (Å²) in [5, 5.41) is 7.73. The summed E-state index contributed by atoms with van der Waals surface area (Å²) in [5.74, 6) is 0. The van der Waals surface area contributed by atoms with E-state index in [0.29, 0.717) is 0 Å². The molecule has 0 amide bonds. The van der Waals surface area contributed by atoms with E-state index in [-0.39, 0.29) is 5.11 Å². The molecule has 1 rings (SSSR count). The highest BCUT2D eigenvalue weighted by molar-refractivity contribution is 7.80. The summed E-state index contributed by atoms with van der Waals surface area (Å²) in [6.07, 6.45) is 1.73. The molecule has 5 heteroatoms. The van der Waals surface area contributed by atoms with Gasteiger partial charge in [-0.1, -0.05) is 6.07 Å². The number of hydrogen-bond donors (Lipinski definition) is 1. The quantitative estimate of drug-likeness (QED) is 0.443. The van der Waals surface area contributed by atoms with Crippen LogP contribution in [0, 0.1) is 0 Å². The molecule has 2 N–H and O–H groups in total. The lowest BCUT2D eigenvalue weighted by Gasteiger charge is -2.07. The Morgan fingerprint density at radius 3 is 3.08 bits per heavy atom. The monoisotopic (exact) mass is 199 g/mol. The van der Waals surface area contributed by atoms with Crippen LogP contribution in [0.3, 0.4) is 0 Å². The van der Waals surface area contributed by atoms with Crippen LogP contribution in [0.25, 0.3) is 0 Å². The minimum Gasteiger partial charge on any atom is -0.375 e. The Morgan fingerprint density at radius 1 is 1.83 bits per heavy atom. The standard InChI is InChI=1S/C7H9N3S2/c1-10(7(8)11)9-5-6-3-2-4-12-6/h2-5H,1H3,(H2,8,11). The Balaban J connectivity index is 2.56. The van der Waals surface area contributed by atoms with E-state index in [0.717, 1.165) is 4.88 Å². The van der Waals surface area contributed by atoms with Gasteiger partial charge in [0.15, 0.2) is 5.11 Å². The van der Waals surface area contributed by atoms with Gasteiger partial charge >= 0.3 is 0 Å². The second-order valence-electron chi connectivity index (χ2n) is 2.12. The number of hydrazone groups is 1. The van der Waals surface area contributed by atoms with Gasteiger partial charge in [-0.25, -0.2) is 5.01 Å². The van der Waals surface area contributed by atoms with Crippen LogP contribution in [0.15, 0.2) is 22.6 Å². The normalized spacial score (nSPS) is 10.4. The Bertz CT molecular complexity index is 279. The van der Waals surface area contributed by atoms with Crippen molar-refractivity contribution in [3.63, 3.8) is 0 Å². The van der Waals surface area contributed by atoms with Crippen LogP contribution >= 0.6 is 23.6 Å². The van der Waals surface area contributed by atoms with Gasteiger partial charge in [-0.2, -0.15) is 5.10 Å². The molecule has 0 radical (unpaired) electrons. The first-order chi connectivity index (χ1) is 5.70. The lowest BCUT2D eigenvalue weighted by molar-refractivity contribution is 0.552. The van der Waals surface area contributed by atoms with Gasteiger partial charge in [0, 0.05) is 11.9 Å². The number of rotatable bonds is 2. The van der Waals surface area contributed by atoms with Crippen molar-refractivity contribution in [1.29, 1.82) is 0 Å². The first kappa shape index (κ1) is 9.15. The van der Waals surface area contributed by atoms with Gasteiger partial charge in [-0.15, -0.1) is 11.3 Å². The molecule has 0 aliphatic rings. The summed E-state index contributed by atoms with van der Waals surface area (Å²) in [7, 11) is 1.71. The minimum absolute atomic E-state index is 0.266. The van der Waals surface area contributed by atoms with Gasteiger partial charge < -0.3 is 5.73 Å². The second-order valence-corrected chi connectivity index (χ2v) is 3.52. The predicted molar refractivity (Wildman–Crippen MR) is 56.5 cm³/mol. The fourth-order valence-corrected chi connectivity index (χ4v) is 1.19. The van der Waals surface area contributed by atoms with Gasteiger partial charge in [0.05, 0.1) is 6.21 Å². The Hall–Kier alpha value is -0.940. The SMILES string of the molecule is CN(N=Cc1cccs1)C(N)=S. The summed E-state index contributed by atoms with van der Waals surface area (Å²) >= 11 is 6.32. The molecule has 0 fully saturated rings. The smallest absolute Gasteiger partial charge is 0.186 e. The third-order valence-electron chi connectivity index (χ3n) is 1.22. The summed E-state index contributed by atoms with van der Waals surface area (Å²) in [5.41, 5.74) is 5.32.